The van der Waals surface area contributed by atoms with Crippen molar-refractivity contribution < 1.29 is 19.0 Å². The highest BCUT2D eigenvalue weighted by Gasteiger charge is 2.18. The van der Waals surface area contributed by atoms with Crippen LogP contribution in [0.5, 0.6) is 17.2 Å². The SMILES string of the molecule is COc1cc(OC)c2c(=O)[nH]c(-c3ccc(OCC(=O)Nc4ccccc4N4CCN(C)CC4)cc3)nc2c1. The van der Waals surface area contributed by atoms with Gasteiger partial charge in [-0.05, 0) is 43.4 Å². The normalized spacial score (nSPS) is 13.8. The lowest BCUT2D eigenvalue weighted by molar-refractivity contribution is -0.118. The Bertz CT molecular complexity index is 1530. The Hall–Kier alpha value is -4.57. The molecule has 0 radical (unpaired) electrons. The van der Waals surface area contributed by atoms with Crippen LogP contribution >= 0.6 is 0 Å². The second kappa shape index (κ2) is 11.4. The van der Waals surface area contributed by atoms with Gasteiger partial charge in [0.2, 0.25) is 0 Å². The van der Waals surface area contributed by atoms with E-state index in [0.717, 1.165) is 37.6 Å². The molecule has 2 N–H and O–H groups in total. The van der Waals surface area contributed by atoms with Crippen molar-refractivity contribution in [3.05, 3.63) is 71.0 Å². The molecular weight excluding hydrogens is 498 g/mol. The van der Waals surface area contributed by atoms with E-state index in [0.29, 0.717) is 39.5 Å². The number of hydrogen-bond donors (Lipinski definition) is 2. The van der Waals surface area contributed by atoms with Gasteiger partial charge < -0.3 is 34.3 Å². The summed E-state index contributed by atoms with van der Waals surface area (Å²) in [6.45, 7) is 3.63. The number of nitrogens with one attached hydrogen (secondary N) is 2. The minimum absolute atomic E-state index is 0.138. The number of benzene rings is 3. The standard InChI is InChI=1S/C29H31N5O5/c1-33-12-14-34(15-13-33)24-7-5-4-6-22(24)30-26(35)18-39-20-10-8-19(9-11-20)28-31-23-16-21(37-2)17-25(38-3)27(23)29(36)32-28/h4-11,16-17H,12-15,18H2,1-3H3,(H,30,35)(H,31,32,36). The zero-order valence-corrected chi connectivity index (χ0v) is 22.2. The molecule has 4 aromatic rings. The maximum Gasteiger partial charge on any atom is 0.262 e. The number of para-hydroxylation sites is 2. The van der Waals surface area contributed by atoms with Gasteiger partial charge in [-0.1, -0.05) is 12.1 Å². The van der Waals surface area contributed by atoms with Gasteiger partial charge in [0.15, 0.2) is 6.61 Å². The predicted octanol–water partition coefficient (Wildman–Crippen LogP) is 3.38. The third-order valence-electron chi connectivity index (χ3n) is 6.72. The largest absolute Gasteiger partial charge is 0.497 e. The molecule has 39 heavy (non-hydrogen) atoms. The molecule has 0 spiro atoms. The summed E-state index contributed by atoms with van der Waals surface area (Å²) in [5.41, 5.74) is 2.61. The van der Waals surface area contributed by atoms with Gasteiger partial charge in [-0.15, -0.1) is 0 Å². The molecule has 1 aliphatic rings. The number of likely N-dealkylation sites (N-methyl/N-ethyl adjacent to an activating group) is 1. The van der Waals surface area contributed by atoms with Gasteiger partial charge in [0.05, 0.1) is 31.1 Å². The molecule has 1 saturated heterocycles. The topological polar surface area (TPSA) is 109 Å². The second-order valence-electron chi connectivity index (χ2n) is 9.31. The minimum atomic E-state index is -0.316. The third-order valence-corrected chi connectivity index (χ3v) is 6.72. The minimum Gasteiger partial charge on any atom is -0.497 e. The molecule has 1 fully saturated rings. The Morgan fingerprint density at radius 3 is 2.44 bits per heavy atom. The van der Waals surface area contributed by atoms with E-state index >= 15 is 0 Å². The fourth-order valence-corrected chi connectivity index (χ4v) is 4.57. The zero-order valence-electron chi connectivity index (χ0n) is 22.2. The van der Waals surface area contributed by atoms with Crippen LogP contribution in [-0.4, -0.2) is 74.8 Å². The van der Waals surface area contributed by atoms with E-state index < -0.39 is 0 Å². The lowest BCUT2D eigenvalue weighted by atomic mass is 10.1. The fraction of sp³-hybridized carbons (Fsp3) is 0.276. The summed E-state index contributed by atoms with van der Waals surface area (Å²) >= 11 is 0. The highest BCUT2D eigenvalue weighted by molar-refractivity contribution is 5.95. The number of aromatic nitrogens is 2. The van der Waals surface area contributed by atoms with E-state index in [9.17, 15) is 9.59 Å². The Morgan fingerprint density at radius 1 is 0.974 bits per heavy atom. The van der Waals surface area contributed by atoms with Crippen molar-refractivity contribution in [2.75, 3.05) is 64.3 Å². The highest BCUT2D eigenvalue weighted by atomic mass is 16.5. The molecule has 0 atom stereocenters. The molecule has 1 amide bonds. The fourth-order valence-electron chi connectivity index (χ4n) is 4.57. The van der Waals surface area contributed by atoms with Crippen LogP contribution < -0.4 is 30.0 Å². The molecular formula is C29H31N5O5. The van der Waals surface area contributed by atoms with Crippen LogP contribution in [0.15, 0.2) is 65.5 Å². The first-order valence-electron chi connectivity index (χ1n) is 12.7. The second-order valence-corrected chi connectivity index (χ2v) is 9.31. The third kappa shape index (κ3) is 5.80. The number of H-pyrrole nitrogens is 1. The van der Waals surface area contributed by atoms with Crippen molar-refractivity contribution in [3.63, 3.8) is 0 Å². The van der Waals surface area contributed by atoms with Crippen molar-refractivity contribution in [1.29, 1.82) is 0 Å². The Balaban J connectivity index is 1.25. The number of carbonyl (C=O) groups is 1. The molecule has 202 valence electrons. The Morgan fingerprint density at radius 2 is 1.72 bits per heavy atom. The summed E-state index contributed by atoms with van der Waals surface area (Å²) in [7, 11) is 5.15. The number of anilines is 2. The van der Waals surface area contributed by atoms with Crippen LogP contribution in [0.2, 0.25) is 0 Å². The predicted molar refractivity (Wildman–Crippen MR) is 151 cm³/mol. The van der Waals surface area contributed by atoms with Crippen molar-refractivity contribution >= 4 is 28.2 Å². The van der Waals surface area contributed by atoms with Gasteiger partial charge in [-0.3, -0.25) is 9.59 Å². The average Bonchev–Trinajstić information content (AvgIpc) is 2.96. The molecule has 5 rings (SSSR count). The quantitative estimate of drug-likeness (QED) is 0.358. The van der Waals surface area contributed by atoms with Crippen molar-refractivity contribution in [2.45, 2.75) is 0 Å². The van der Waals surface area contributed by atoms with E-state index in [2.05, 4.69) is 32.1 Å². The lowest BCUT2D eigenvalue weighted by Crippen LogP contribution is -2.44. The van der Waals surface area contributed by atoms with Gasteiger partial charge >= 0.3 is 0 Å². The van der Waals surface area contributed by atoms with Crippen molar-refractivity contribution in [2.24, 2.45) is 0 Å². The van der Waals surface area contributed by atoms with Crippen LogP contribution in [0.4, 0.5) is 11.4 Å². The van der Waals surface area contributed by atoms with E-state index in [1.807, 2.05) is 24.3 Å². The first kappa shape index (κ1) is 26.1. The number of carbonyl (C=O) groups excluding carboxylic acids is 1. The van der Waals surface area contributed by atoms with Crippen molar-refractivity contribution in [1.82, 2.24) is 14.9 Å². The maximum atomic E-state index is 12.8. The molecule has 3 aromatic carbocycles. The monoisotopic (exact) mass is 529 g/mol. The van der Waals surface area contributed by atoms with Crippen LogP contribution in [0.3, 0.4) is 0 Å². The van der Waals surface area contributed by atoms with Crippen LogP contribution in [0, 0.1) is 0 Å². The molecule has 0 unspecified atom stereocenters. The summed E-state index contributed by atoms with van der Waals surface area (Å²) in [4.78, 5) is 37.5. The Kier molecular flexibility index (Phi) is 7.64. The first-order valence-corrected chi connectivity index (χ1v) is 12.7. The molecule has 10 heteroatoms. The summed E-state index contributed by atoms with van der Waals surface area (Å²) < 4.78 is 16.4. The molecule has 2 heterocycles. The summed E-state index contributed by atoms with van der Waals surface area (Å²) in [5, 5.41) is 3.33. The smallest absolute Gasteiger partial charge is 0.262 e. The number of hydrogen-bond acceptors (Lipinski definition) is 8. The van der Waals surface area contributed by atoms with Gasteiger partial charge in [0.1, 0.15) is 28.5 Å². The number of nitrogens with zero attached hydrogens (tertiary/aromatic N) is 3. The lowest BCUT2D eigenvalue weighted by Gasteiger charge is -2.35. The number of rotatable bonds is 8. The summed E-state index contributed by atoms with van der Waals surface area (Å²) in [6, 6.07) is 18.2. The first-order chi connectivity index (χ1) is 18.9. The van der Waals surface area contributed by atoms with Crippen molar-refractivity contribution in [3.8, 4) is 28.6 Å². The zero-order chi connectivity index (χ0) is 27.4. The van der Waals surface area contributed by atoms with E-state index in [-0.39, 0.29) is 18.1 Å². The number of ether oxygens (including phenoxy) is 3. The molecule has 0 saturated carbocycles. The molecule has 0 bridgehead atoms. The molecule has 0 aliphatic carbocycles. The summed E-state index contributed by atoms with van der Waals surface area (Å²) in [5.74, 6) is 1.60. The Labute approximate surface area is 226 Å². The maximum absolute atomic E-state index is 12.8. The molecule has 1 aromatic heterocycles. The number of piperazine rings is 1. The number of aromatic amines is 1. The molecule has 1 aliphatic heterocycles. The van der Waals surface area contributed by atoms with E-state index in [1.54, 1.807) is 43.5 Å². The molecule has 10 nitrogen and oxygen atoms in total. The van der Waals surface area contributed by atoms with Gasteiger partial charge in [-0.25, -0.2) is 4.98 Å². The number of amides is 1. The van der Waals surface area contributed by atoms with Crippen LogP contribution in [-0.2, 0) is 4.79 Å². The van der Waals surface area contributed by atoms with Gasteiger partial charge in [0.25, 0.3) is 11.5 Å². The summed E-state index contributed by atoms with van der Waals surface area (Å²) in [6.07, 6.45) is 0. The average molecular weight is 530 g/mol. The van der Waals surface area contributed by atoms with Crippen LogP contribution in [0.25, 0.3) is 22.3 Å². The van der Waals surface area contributed by atoms with Gasteiger partial charge in [0, 0.05) is 43.9 Å². The number of fused-ring (bicyclic) bond motifs is 1. The van der Waals surface area contributed by atoms with E-state index in [1.165, 1.54) is 7.11 Å². The highest BCUT2D eigenvalue weighted by Crippen LogP contribution is 2.29. The van der Waals surface area contributed by atoms with Gasteiger partial charge in [-0.2, -0.15) is 0 Å². The number of methoxy groups -OCH3 is 2. The van der Waals surface area contributed by atoms with E-state index in [4.69, 9.17) is 14.2 Å². The van der Waals surface area contributed by atoms with Crippen LogP contribution in [0.1, 0.15) is 0 Å².